The van der Waals surface area contributed by atoms with Crippen molar-refractivity contribution >= 4 is 0 Å². The second kappa shape index (κ2) is 5.73. The quantitative estimate of drug-likeness (QED) is 0.850. The van der Waals surface area contributed by atoms with Crippen molar-refractivity contribution in [1.29, 1.82) is 5.26 Å². The van der Waals surface area contributed by atoms with Crippen molar-refractivity contribution in [3.05, 3.63) is 35.1 Å². The van der Waals surface area contributed by atoms with Crippen molar-refractivity contribution in [3.63, 3.8) is 0 Å². The Morgan fingerprint density at radius 2 is 2.18 bits per heavy atom. The number of ether oxygens (including phenoxy) is 1. The molecule has 1 fully saturated rings. The van der Waals surface area contributed by atoms with Crippen molar-refractivity contribution in [2.24, 2.45) is 0 Å². The summed E-state index contributed by atoms with van der Waals surface area (Å²) in [6, 6.07) is 6.38. The molecule has 0 unspecified atom stereocenters. The topological polar surface area (TPSA) is 48.3 Å². The van der Waals surface area contributed by atoms with Gasteiger partial charge in [0.05, 0.1) is 24.8 Å². The number of benzene rings is 1. The van der Waals surface area contributed by atoms with Gasteiger partial charge < -0.3 is 4.74 Å². The lowest BCUT2D eigenvalue weighted by molar-refractivity contribution is 0.0104. The van der Waals surface area contributed by atoms with Gasteiger partial charge in [-0.25, -0.2) is 9.40 Å². The van der Waals surface area contributed by atoms with Crippen molar-refractivity contribution in [1.82, 2.24) is 10.4 Å². The molecular weight excluding hydrogens is 221 g/mol. The van der Waals surface area contributed by atoms with Crippen LogP contribution in [0.2, 0.25) is 0 Å². The molecule has 90 valence electrons. The van der Waals surface area contributed by atoms with Gasteiger partial charge in [-0.15, -0.1) is 0 Å². The summed E-state index contributed by atoms with van der Waals surface area (Å²) in [5.41, 5.74) is 4.12. The lowest BCUT2D eigenvalue weighted by Crippen LogP contribution is -2.45. The summed E-state index contributed by atoms with van der Waals surface area (Å²) in [7, 11) is 0. The summed E-state index contributed by atoms with van der Waals surface area (Å²) in [6.45, 7) is 3.35. The van der Waals surface area contributed by atoms with Crippen LogP contribution in [-0.2, 0) is 11.3 Å². The Kier molecular flexibility index (Phi) is 4.04. The third kappa shape index (κ3) is 3.24. The first-order valence-corrected chi connectivity index (χ1v) is 5.54. The van der Waals surface area contributed by atoms with Crippen LogP contribution in [0.25, 0.3) is 0 Å². The van der Waals surface area contributed by atoms with Gasteiger partial charge >= 0.3 is 0 Å². The van der Waals surface area contributed by atoms with E-state index in [1.165, 1.54) is 12.1 Å². The van der Waals surface area contributed by atoms with Crippen LogP contribution in [0.3, 0.4) is 0 Å². The number of hydrogen-bond acceptors (Lipinski definition) is 4. The van der Waals surface area contributed by atoms with Gasteiger partial charge in [-0.3, -0.25) is 5.43 Å². The normalized spacial score (nSPS) is 16.7. The molecule has 1 saturated heterocycles. The molecule has 0 saturated carbocycles. The molecule has 2 rings (SSSR count). The molecule has 4 nitrogen and oxygen atoms in total. The number of hydrogen-bond donors (Lipinski definition) is 1. The van der Waals surface area contributed by atoms with Gasteiger partial charge in [0.15, 0.2) is 0 Å². The van der Waals surface area contributed by atoms with Gasteiger partial charge in [0.25, 0.3) is 0 Å². The molecular formula is C12H14FN3O. The van der Waals surface area contributed by atoms with E-state index in [1.54, 1.807) is 6.07 Å². The zero-order chi connectivity index (χ0) is 12.1. The van der Waals surface area contributed by atoms with Gasteiger partial charge in [0, 0.05) is 25.2 Å². The number of hydrazine groups is 1. The summed E-state index contributed by atoms with van der Waals surface area (Å²) in [6.07, 6.45) is 0. The van der Waals surface area contributed by atoms with Gasteiger partial charge in [-0.1, -0.05) is 0 Å². The molecule has 1 heterocycles. The molecule has 1 N–H and O–H groups in total. The maximum Gasteiger partial charge on any atom is 0.127 e. The lowest BCUT2D eigenvalue weighted by Gasteiger charge is -2.27. The summed E-state index contributed by atoms with van der Waals surface area (Å²) in [4.78, 5) is 0. The largest absolute Gasteiger partial charge is 0.379 e. The molecule has 1 aliphatic heterocycles. The van der Waals surface area contributed by atoms with Gasteiger partial charge in [-0.2, -0.15) is 5.26 Å². The smallest absolute Gasteiger partial charge is 0.127 e. The number of rotatable bonds is 3. The van der Waals surface area contributed by atoms with Crippen LogP contribution in [0.5, 0.6) is 0 Å². The summed E-state index contributed by atoms with van der Waals surface area (Å²) < 4.78 is 18.7. The van der Waals surface area contributed by atoms with Crippen LogP contribution in [0.4, 0.5) is 4.39 Å². The fourth-order valence-corrected chi connectivity index (χ4v) is 1.70. The fourth-order valence-electron chi connectivity index (χ4n) is 1.70. The van der Waals surface area contributed by atoms with E-state index in [9.17, 15) is 4.39 Å². The minimum atomic E-state index is -0.287. The Balaban J connectivity index is 1.95. The lowest BCUT2D eigenvalue weighted by atomic mass is 10.1. The molecule has 17 heavy (non-hydrogen) atoms. The first-order valence-electron chi connectivity index (χ1n) is 5.54. The van der Waals surface area contributed by atoms with Gasteiger partial charge in [0.1, 0.15) is 5.82 Å². The van der Waals surface area contributed by atoms with Crippen LogP contribution in [0.1, 0.15) is 11.1 Å². The van der Waals surface area contributed by atoms with Crippen LogP contribution < -0.4 is 5.43 Å². The molecule has 0 amide bonds. The van der Waals surface area contributed by atoms with Gasteiger partial charge in [-0.05, 0) is 18.2 Å². The van der Waals surface area contributed by atoms with E-state index >= 15 is 0 Å². The van der Waals surface area contributed by atoms with E-state index in [1.807, 2.05) is 11.1 Å². The Morgan fingerprint density at radius 3 is 2.88 bits per heavy atom. The number of nitrogens with zero attached hydrogens (tertiary/aromatic N) is 2. The highest BCUT2D eigenvalue weighted by Gasteiger charge is 2.10. The zero-order valence-electron chi connectivity index (χ0n) is 9.45. The molecule has 0 aromatic heterocycles. The van der Waals surface area contributed by atoms with Crippen molar-refractivity contribution in [2.45, 2.75) is 6.54 Å². The second-order valence-corrected chi connectivity index (χ2v) is 3.85. The molecule has 0 atom stereocenters. The maximum absolute atomic E-state index is 13.5. The van der Waals surface area contributed by atoms with E-state index in [-0.39, 0.29) is 5.82 Å². The predicted molar refractivity (Wildman–Crippen MR) is 60.3 cm³/mol. The maximum atomic E-state index is 13.5. The SMILES string of the molecule is N#Cc1ccc(F)c(CNN2CCOCC2)c1. The number of nitriles is 1. The average molecular weight is 235 g/mol. The predicted octanol–water partition coefficient (Wildman–Crippen LogP) is 1.03. The zero-order valence-corrected chi connectivity index (χ0v) is 9.45. The van der Waals surface area contributed by atoms with E-state index in [0.717, 1.165) is 13.1 Å². The molecule has 1 aliphatic rings. The Morgan fingerprint density at radius 1 is 1.41 bits per heavy atom. The van der Waals surface area contributed by atoms with E-state index in [0.29, 0.717) is 30.9 Å². The Labute approximate surface area is 99.6 Å². The second-order valence-electron chi connectivity index (χ2n) is 3.85. The van der Waals surface area contributed by atoms with Crippen molar-refractivity contribution < 1.29 is 9.13 Å². The highest BCUT2D eigenvalue weighted by molar-refractivity contribution is 5.33. The first kappa shape index (κ1) is 12.0. The first-order chi connectivity index (χ1) is 8.29. The van der Waals surface area contributed by atoms with Crippen LogP contribution in [-0.4, -0.2) is 31.3 Å². The summed E-state index contributed by atoms with van der Waals surface area (Å²) in [5.74, 6) is -0.287. The highest BCUT2D eigenvalue weighted by atomic mass is 19.1. The third-order valence-corrected chi connectivity index (χ3v) is 2.68. The Hall–Kier alpha value is -1.48. The molecule has 0 radical (unpaired) electrons. The van der Waals surface area contributed by atoms with E-state index in [4.69, 9.17) is 10.00 Å². The number of nitrogens with one attached hydrogen (secondary N) is 1. The Bertz CT molecular complexity index is 424. The minimum absolute atomic E-state index is 0.287. The standard InChI is InChI=1S/C12H14FN3O/c13-12-2-1-10(8-14)7-11(12)9-15-16-3-5-17-6-4-16/h1-2,7,15H,3-6,9H2. The van der Waals surface area contributed by atoms with Crippen LogP contribution in [0, 0.1) is 17.1 Å². The molecule has 0 spiro atoms. The van der Waals surface area contributed by atoms with E-state index < -0.39 is 0 Å². The van der Waals surface area contributed by atoms with Crippen molar-refractivity contribution in [2.75, 3.05) is 26.3 Å². The van der Waals surface area contributed by atoms with Crippen molar-refractivity contribution in [3.8, 4) is 6.07 Å². The van der Waals surface area contributed by atoms with Crippen LogP contribution >= 0.6 is 0 Å². The monoisotopic (exact) mass is 235 g/mol. The highest BCUT2D eigenvalue weighted by Crippen LogP contribution is 2.10. The molecule has 1 aromatic carbocycles. The average Bonchev–Trinajstić information content (AvgIpc) is 2.39. The summed E-state index contributed by atoms with van der Waals surface area (Å²) in [5, 5.41) is 10.8. The third-order valence-electron chi connectivity index (χ3n) is 2.68. The number of halogens is 1. The number of morpholine rings is 1. The summed E-state index contributed by atoms with van der Waals surface area (Å²) >= 11 is 0. The minimum Gasteiger partial charge on any atom is -0.379 e. The molecule has 1 aromatic rings. The van der Waals surface area contributed by atoms with Gasteiger partial charge in [0.2, 0.25) is 0 Å². The fraction of sp³-hybridized carbons (Fsp3) is 0.417. The molecule has 0 bridgehead atoms. The van der Waals surface area contributed by atoms with E-state index in [2.05, 4.69) is 5.43 Å². The molecule has 0 aliphatic carbocycles. The molecule has 5 heteroatoms. The van der Waals surface area contributed by atoms with Crippen LogP contribution in [0.15, 0.2) is 18.2 Å².